The van der Waals surface area contributed by atoms with Gasteiger partial charge in [0.25, 0.3) is 0 Å². The first kappa shape index (κ1) is 14.6. The molecular weight excluding hydrogens is 250 g/mol. The van der Waals surface area contributed by atoms with Crippen LogP contribution in [-0.4, -0.2) is 19.9 Å². The summed E-state index contributed by atoms with van der Waals surface area (Å²) >= 11 is 0. The van der Waals surface area contributed by atoms with E-state index < -0.39 is 0 Å². The van der Waals surface area contributed by atoms with Crippen molar-refractivity contribution in [1.29, 1.82) is 0 Å². The second-order valence-corrected chi connectivity index (χ2v) is 5.61. The first-order valence-electron chi connectivity index (χ1n) is 7.23. The van der Waals surface area contributed by atoms with E-state index in [4.69, 9.17) is 4.98 Å². The van der Waals surface area contributed by atoms with Crippen LogP contribution in [0.25, 0.3) is 0 Å². The van der Waals surface area contributed by atoms with Gasteiger partial charge in [-0.15, -0.1) is 0 Å². The largest absolute Gasteiger partial charge is 0.508 e. The van der Waals surface area contributed by atoms with Crippen LogP contribution in [0.5, 0.6) is 5.75 Å². The standard InChI is InChI=1S/C16H23N3O/c1-5-19-16(17-15(18-19)10-11(2)3)12(4)13-6-8-14(20)9-7-13/h6-9,11-12,20H,5,10H2,1-4H3. The highest BCUT2D eigenvalue weighted by Crippen LogP contribution is 2.24. The van der Waals surface area contributed by atoms with Gasteiger partial charge in [-0.3, -0.25) is 0 Å². The maximum Gasteiger partial charge on any atom is 0.151 e. The number of aromatic nitrogens is 3. The number of hydrogen-bond acceptors (Lipinski definition) is 3. The molecule has 4 nitrogen and oxygen atoms in total. The van der Waals surface area contributed by atoms with Crippen LogP contribution in [0.3, 0.4) is 0 Å². The minimum Gasteiger partial charge on any atom is -0.508 e. The van der Waals surface area contributed by atoms with Crippen molar-refractivity contribution in [2.75, 3.05) is 0 Å². The van der Waals surface area contributed by atoms with Gasteiger partial charge < -0.3 is 5.11 Å². The molecule has 0 aliphatic rings. The molecule has 0 bridgehead atoms. The van der Waals surface area contributed by atoms with Gasteiger partial charge in [-0.25, -0.2) is 9.67 Å². The minimum atomic E-state index is 0.170. The lowest BCUT2D eigenvalue weighted by Gasteiger charge is -2.12. The summed E-state index contributed by atoms with van der Waals surface area (Å²) in [7, 11) is 0. The molecule has 1 atom stereocenters. The van der Waals surface area contributed by atoms with Gasteiger partial charge in [0.2, 0.25) is 0 Å². The quantitative estimate of drug-likeness (QED) is 0.909. The van der Waals surface area contributed by atoms with Gasteiger partial charge in [0.05, 0.1) is 0 Å². The average molecular weight is 273 g/mol. The first-order chi connectivity index (χ1) is 9.51. The monoisotopic (exact) mass is 273 g/mol. The Morgan fingerprint density at radius 1 is 1.15 bits per heavy atom. The molecule has 2 aromatic rings. The minimum absolute atomic E-state index is 0.170. The molecular formula is C16H23N3O. The maximum absolute atomic E-state index is 9.38. The average Bonchev–Trinajstić information content (AvgIpc) is 2.81. The number of aromatic hydroxyl groups is 1. The summed E-state index contributed by atoms with van der Waals surface area (Å²) in [5, 5.41) is 14.0. The molecule has 108 valence electrons. The SMILES string of the molecule is CCn1nc(CC(C)C)nc1C(C)c1ccc(O)cc1. The molecule has 1 aromatic carbocycles. The van der Waals surface area contributed by atoms with Gasteiger partial charge in [0.15, 0.2) is 5.82 Å². The van der Waals surface area contributed by atoms with Crippen molar-refractivity contribution in [2.24, 2.45) is 5.92 Å². The smallest absolute Gasteiger partial charge is 0.151 e. The highest BCUT2D eigenvalue weighted by Gasteiger charge is 2.17. The number of phenolic OH excluding ortho intramolecular Hbond substituents is 1. The summed E-state index contributed by atoms with van der Waals surface area (Å²) in [5.74, 6) is 2.93. The predicted molar refractivity (Wildman–Crippen MR) is 79.9 cm³/mol. The summed E-state index contributed by atoms with van der Waals surface area (Å²) < 4.78 is 1.98. The van der Waals surface area contributed by atoms with Crippen LogP contribution in [-0.2, 0) is 13.0 Å². The number of rotatable bonds is 5. The fraction of sp³-hybridized carbons (Fsp3) is 0.500. The summed E-state index contributed by atoms with van der Waals surface area (Å²) in [4.78, 5) is 4.71. The highest BCUT2D eigenvalue weighted by molar-refractivity contribution is 5.31. The van der Waals surface area contributed by atoms with E-state index >= 15 is 0 Å². The molecule has 0 spiro atoms. The molecule has 0 amide bonds. The molecule has 0 aliphatic carbocycles. The van der Waals surface area contributed by atoms with Crippen LogP contribution in [0, 0.1) is 5.92 Å². The molecule has 1 heterocycles. The Kier molecular flexibility index (Phi) is 4.42. The van der Waals surface area contributed by atoms with E-state index in [0.29, 0.717) is 11.7 Å². The third kappa shape index (κ3) is 3.18. The third-order valence-electron chi connectivity index (χ3n) is 3.41. The van der Waals surface area contributed by atoms with Crippen LogP contribution in [0.15, 0.2) is 24.3 Å². The molecule has 1 N–H and O–H groups in total. The van der Waals surface area contributed by atoms with Crippen molar-refractivity contribution in [3.05, 3.63) is 41.5 Å². The number of aryl methyl sites for hydroxylation is 1. The Morgan fingerprint density at radius 2 is 1.80 bits per heavy atom. The molecule has 2 rings (SSSR count). The lowest BCUT2D eigenvalue weighted by molar-refractivity contribution is 0.475. The predicted octanol–water partition coefficient (Wildman–Crippen LogP) is 3.35. The topological polar surface area (TPSA) is 50.9 Å². The van der Waals surface area contributed by atoms with E-state index in [1.54, 1.807) is 12.1 Å². The summed E-state index contributed by atoms with van der Waals surface area (Å²) in [5.41, 5.74) is 1.14. The van der Waals surface area contributed by atoms with Gasteiger partial charge >= 0.3 is 0 Å². The van der Waals surface area contributed by atoms with Crippen molar-refractivity contribution in [3.8, 4) is 5.75 Å². The van der Waals surface area contributed by atoms with Gasteiger partial charge in [-0.1, -0.05) is 32.9 Å². The molecule has 0 aliphatic heterocycles. The van der Waals surface area contributed by atoms with Gasteiger partial charge in [0.1, 0.15) is 11.6 Å². The molecule has 0 fully saturated rings. The Labute approximate surface area is 120 Å². The highest BCUT2D eigenvalue weighted by atomic mass is 16.3. The fourth-order valence-electron chi connectivity index (χ4n) is 2.32. The summed E-state index contributed by atoms with van der Waals surface area (Å²) in [6.45, 7) is 9.39. The lowest BCUT2D eigenvalue weighted by Crippen LogP contribution is -2.08. The second kappa shape index (κ2) is 6.07. The molecule has 4 heteroatoms. The maximum atomic E-state index is 9.38. The zero-order chi connectivity index (χ0) is 14.7. The molecule has 1 aromatic heterocycles. The lowest BCUT2D eigenvalue weighted by atomic mass is 10.0. The van der Waals surface area contributed by atoms with Crippen LogP contribution in [0.2, 0.25) is 0 Å². The Morgan fingerprint density at radius 3 is 2.35 bits per heavy atom. The normalized spacial score (nSPS) is 12.8. The van der Waals surface area contributed by atoms with Crippen molar-refractivity contribution in [3.63, 3.8) is 0 Å². The van der Waals surface area contributed by atoms with Gasteiger partial charge in [0, 0.05) is 18.9 Å². The zero-order valence-corrected chi connectivity index (χ0v) is 12.7. The van der Waals surface area contributed by atoms with Crippen molar-refractivity contribution < 1.29 is 5.11 Å². The Bertz CT molecular complexity index is 558. The Hall–Kier alpha value is -1.84. The fourth-order valence-corrected chi connectivity index (χ4v) is 2.32. The van der Waals surface area contributed by atoms with E-state index in [0.717, 1.165) is 30.2 Å². The molecule has 0 saturated carbocycles. The van der Waals surface area contributed by atoms with E-state index in [1.165, 1.54) is 0 Å². The van der Waals surface area contributed by atoms with Crippen molar-refractivity contribution in [2.45, 2.75) is 46.6 Å². The number of nitrogens with zero attached hydrogens (tertiary/aromatic N) is 3. The van der Waals surface area contributed by atoms with E-state index in [2.05, 4.69) is 32.8 Å². The molecule has 1 unspecified atom stereocenters. The van der Waals surface area contributed by atoms with E-state index in [9.17, 15) is 5.11 Å². The van der Waals surface area contributed by atoms with Crippen molar-refractivity contribution >= 4 is 0 Å². The summed E-state index contributed by atoms with van der Waals surface area (Å²) in [6, 6.07) is 7.31. The Balaban J connectivity index is 2.30. The zero-order valence-electron chi connectivity index (χ0n) is 12.7. The number of hydrogen-bond donors (Lipinski definition) is 1. The third-order valence-corrected chi connectivity index (χ3v) is 3.41. The van der Waals surface area contributed by atoms with Crippen LogP contribution >= 0.6 is 0 Å². The second-order valence-electron chi connectivity index (χ2n) is 5.61. The van der Waals surface area contributed by atoms with Gasteiger partial charge in [-0.05, 0) is 30.5 Å². The van der Waals surface area contributed by atoms with Gasteiger partial charge in [-0.2, -0.15) is 5.10 Å². The van der Waals surface area contributed by atoms with Crippen LogP contribution in [0.1, 0.15) is 50.8 Å². The molecule has 0 radical (unpaired) electrons. The first-order valence-corrected chi connectivity index (χ1v) is 7.23. The summed E-state index contributed by atoms with van der Waals surface area (Å²) in [6.07, 6.45) is 0.905. The van der Waals surface area contributed by atoms with Crippen molar-refractivity contribution in [1.82, 2.24) is 14.8 Å². The number of phenols is 1. The molecule has 0 saturated heterocycles. The van der Waals surface area contributed by atoms with Crippen LogP contribution in [0.4, 0.5) is 0 Å². The van der Waals surface area contributed by atoms with Crippen LogP contribution < -0.4 is 0 Å². The van der Waals surface area contributed by atoms with E-state index in [1.807, 2.05) is 16.8 Å². The van der Waals surface area contributed by atoms with E-state index in [-0.39, 0.29) is 5.92 Å². The number of benzene rings is 1. The molecule has 20 heavy (non-hydrogen) atoms.